The van der Waals surface area contributed by atoms with E-state index in [1.807, 2.05) is 6.92 Å². The monoisotopic (exact) mass is 196 g/mol. The Morgan fingerprint density at radius 2 is 2.29 bits per heavy atom. The Morgan fingerprint density at radius 3 is 2.79 bits per heavy atom. The third-order valence-corrected chi connectivity index (χ3v) is 1.92. The lowest BCUT2D eigenvalue weighted by molar-refractivity contribution is 0.0785. The molecule has 1 heterocycles. The summed E-state index contributed by atoms with van der Waals surface area (Å²) in [5, 5.41) is 0. The van der Waals surface area contributed by atoms with Crippen molar-refractivity contribution in [1.82, 2.24) is 9.88 Å². The maximum Gasteiger partial charge on any atom is 0.255 e. The minimum Gasteiger partial charge on any atom is -0.339 e. The van der Waals surface area contributed by atoms with E-state index >= 15 is 0 Å². The van der Waals surface area contributed by atoms with Crippen LogP contribution in [0.15, 0.2) is 18.3 Å². The topological polar surface area (TPSA) is 33.2 Å². The fourth-order valence-electron chi connectivity index (χ4n) is 1.04. The molecule has 0 aliphatic carbocycles. The number of carbonyl (C=O) groups is 1. The first kappa shape index (κ1) is 10.6. The zero-order valence-electron chi connectivity index (χ0n) is 8.33. The van der Waals surface area contributed by atoms with Crippen molar-refractivity contribution in [2.45, 2.75) is 6.92 Å². The van der Waals surface area contributed by atoms with Crippen LogP contribution in [0.1, 0.15) is 16.1 Å². The average Bonchev–Trinajstić information content (AvgIpc) is 2.18. The van der Waals surface area contributed by atoms with E-state index in [0.717, 1.165) is 5.69 Å². The van der Waals surface area contributed by atoms with Crippen LogP contribution in [0.25, 0.3) is 0 Å². The molecule has 0 N–H and O–H groups in total. The van der Waals surface area contributed by atoms with E-state index in [1.54, 1.807) is 19.2 Å². The second kappa shape index (κ2) is 4.69. The summed E-state index contributed by atoms with van der Waals surface area (Å²) in [7, 11) is 1.57. The van der Waals surface area contributed by atoms with Crippen molar-refractivity contribution in [3.63, 3.8) is 0 Å². The molecule has 0 radical (unpaired) electrons. The molecular weight excluding hydrogens is 183 g/mol. The maximum absolute atomic E-state index is 12.0. The summed E-state index contributed by atoms with van der Waals surface area (Å²) in [4.78, 5) is 16.9. The Balaban J connectivity index is 2.74. The molecule has 1 aromatic rings. The van der Waals surface area contributed by atoms with Gasteiger partial charge in [-0.05, 0) is 19.1 Å². The summed E-state index contributed by atoms with van der Waals surface area (Å²) in [5.74, 6) is -0.199. The van der Waals surface area contributed by atoms with E-state index in [2.05, 4.69) is 4.98 Å². The Morgan fingerprint density at radius 1 is 1.57 bits per heavy atom. The highest BCUT2D eigenvalue weighted by atomic mass is 19.1. The van der Waals surface area contributed by atoms with Gasteiger partial charge >= 0.3 is 0 Å². The van der Waals surface area contributed by atoms with Gasteiger partial charge in [0.2, 0.25) is 0 Å². The Kier molecular flexibility index (Phi) is 3.56. The number of hydrogen-bond donors (Lipinski definition) is 0. The van der Waals surface area contributed by atoms with Gasteiger partial charge in [0.1, 0.15) is 6.67 Å². The van der Waals surface area contributed by atoms with Crippen LogP contribution in [0.4, 0.5) is 4.39 Å². The lowest BCUT2D eigenvalue weighted by Crippen LogP contribution is -2.28. The van der Waals surface area contributed by atoms with Crippen LogP contribution in [-0.4, -0.2) is 36.1 Å². The SMILES string of the molecule is Cc1ccc(C(=O)N(C)CCF)cn1. The van der Waals surface area contributed by atoms with Gasteiger partial charge in [0, 0.05) is 25.5 Å². The first-order valence-electron chi connectivity index (χ1n) is 4.39. The van der Waals surface area contributed by atoms with E-state index in [-0.39, 0.29) is 12.5 Å². The Labute approximate surface area is 82.6 Å². The molecular formula is C10H13FN2O. The molecule has 0 aromatic carbocycles. The molecule has 4 heteroatoms. The molecule has 1 rings (SSSR count). The van der Waals surface area contributed by atoms with Crippen molar-refractivity contribution in [3.8, 4) is 0 Å². The third-order valence-electron chi connectivity index (χ3n) is 1.92. The lowest BCUT2D eigenvalue weighted by atomic mass is 10.2. The summed E-state index contributed by atoms with van der Waals surface area (Å²) >= 11 is 0. The van der Waals surface area contributed by atoms with Gasteiger partial charge in [-0.1, -0.05) is 0 Å². The largest absolute Gasteiger partial charge is 0.339 e. The highest BCUT2D eigenvalue weighted by Gasteiger charge is 2.10. The second-order valence-electron chi connectivity index (χ2n) is 3.10. The van der Waals surface area contributed by atoms with E-state index < -0.39 is 6.67 Å². The van der Waals surface area contributed by atoms with Crippen LogP contribution in [0.3, 0.4) is 0 Å². The molecule has 14 heavy (non-hydrogen) atoms. The highest BCUT2D eigenvalue weighted by Crippen LogP contribution is 2.02. The molecule has 0 spiro atoms. The molecule has 76 valence electrons. The summed E-state index contributed by atoms with van der Waals surface area (Å²) < 4.78 is 12.0. The van der Waals surface area contributed by atoms with Crippen molar-refractivity contribution in [3.05, 3.63) is 29.6 Å². The van der Waals surface area contributed by atoms with E-state index in [1.165, 1.54) is 11.1 Å². The molecule has 0 saturated heterocycles. The third kappa shape index (κ3) is 2.52. The van der Waals surface area contributed by atoms with Crippen LogP contribution < -0.4 is 0 Å². The summed E-state index contributed by atoms with van der Waals surface area (Å²) in [6, 6.07) is 3.45. The lowest BCUT2D eigenvalue weighted by Gasteiger charge is -2.14. The fourth-order valence-corrected chi connectivity index (χ4v) is 1.04. The first-order valence-corrected chi connectivity index (χ1v) is 4.39. The number of aryl methyl sites for hydroxylation is 1. The number of nitrogens with zero attached hydrogens (tertiary/aromatic N) is 2. The van der Waals surface area contributed by atoms with Crippen LogP contribution in [0, 0.1) is 6.92 Å². The molecule has 3 nitrogen and oxygen atoms in total. The zero-order valence-corrected chi connectivity index (χ0v) is 8.33. The number of hydrogen-bond acceptors (Lipinski definition) is 2. The number of carbonyl (C=O) groups excluding carboxylic acids is 1. The Bertz CT molecular complexity index is 310. The van der Waals surface area contributed by atoms with Gasteiger partial charge in [-0.25, -0.2) is 4.39 Å². The van der Waals surface area contributed by atoms with E-state index in [0.29, 0.717) is 5.56 Å². The van der Waals surface area contributed by atoms with Crippen LogP contribution in [0.5, 0.6) is 0 Å². The molecule has 1 amide bonds. The molecule has 0 atom stereocenters. The quantitative estimate of drug-likeness (QED) is 0.732. The molecule has 0 saturated carbocycles. The minimum absolute atomic E-state index is 0.118. The van der Waals surface area contributed by atoms with Crippen molar-refractivity contribution >= 4 is 5.91 Å². The maximum atomic E-state index is 12.0. The normalized spacial score (nSPS) is 9.93. The first-order chi connectivity index (χ1) is 6.65. The van der Waals surface area contributed by atoms with Crippen LogP contribution in [-0.2, 0) is 0 Å². The van der Waals surface area contributed by atoms with Gasteiger partial charge in [0.25, 0.3) is 5.91 Å². The van der Waals surface area contributed by atoms with Gasteiger partial charge in [-0.3, -0.25) is 9.78 Å². The molecule has 0 fully saturated rings. The van der Waals surface area contributed by atoms with Gasteiger partial charge in [0.15, 0.2) is 0 Å². The molecule has 0 aliphatic rings. The van der Waals surface area contributed by atoms with Crippen LogP contribution in [0.2, 0.25) is 0 Å². The number of halogens is 1. The van der Waals surface area contributed by atoms with Crippen molar-refractivity contribution in [2.24, 2.45) is 0 Å². The van der Waals surface area contributed by atoms with Gasteiger partial charge in [-0.2, -0.15) is 0 Å². The van der Waals surface area contributed by atoms with Crippen molar-refractivity contribution in [1.29, 1.82) is 0 Å². The number of aromatic nitrogens is 1. The van der Waals surface area contributed by atoms with Crippen LogP contribution >= 0.6 is 0 Å². The van der Waals surface area contributed by atoms with E-state index in [9.17, 15) is 9.18 Å². The standard InChI is InChI=1S/C10H13FN2O/c1-8-3-4-9(7-12-8)10(14)13(2)6-5-11/h3-4,7H,5-6H2,1-2H3. The number of amides is 1. The van der Waals surface area contributed by atoms with Gasteiger partial charge in [-0.15, -0.1) is 0 Å². The van der Waals surface area contributed by atoms with E-state index in [4.69, 9.17) is 0 Å². The zero-order chi connectivity index (χ0) is 10.6. The summed E-state index contributed by atoms with van der Waals surface area (Å²) in [6.45, 7) is 1.44. The number of alkyl halides is 1. The van der Waals surface area contributed by atoms with Gasteiger partial charge < -0.3 is 4.90 Å². The molecule has 0 aliphatic heterocycles. The number of pyridine rings is 1. The molecule has 0 bridgehead atoms. The molecule has 1 aromatic heterocycles. The Hall–Kier alpha value is -1.45. The fraction of sp³-hybridized carbons (Fsp3) is 0.400. The average molecular weight is 196 g/mol. The summed E-state index contributed by atoms with van der Waals surface area (Å²) in [6.07, 6.45) is 1.51. The second-order valence-corrected chi connectivity index (χ2v) is 3.10. The highest BCUT2D eigenvalue weighted by molar-refractivity contribution is 5.93. The van der Waals surface area contributed by atoms with Crippen molar-refractivity contribution in [2.75, 3.05) is 20.3 Å². The molecule has 0 unspecified atom stereocenters. The van der Waals surface area contributed by atoms with Gasteiger partial charge in [0.05, 0.1) is 5.56 Å². The number of rotatable bonds is 3. The van der Waals surface area contributed by atoms with Crippen molar-refractivity contribution < 1.29 is 9.18 Å². The summed E-state index contributed by atoms with van der Waals surface area (Å²) in [5.41, 5.74) is 1.35. The predicted molar refractivity (Wildman–Crippen MR) is 51.9 cm³/mol. The predicted octanol–water partition coefficient (Wildman–Crippen LogP) is 1.43. The smallest absolute Gasteiger partial charge is 0.255 e. The minimum atomic E-state index is -0.526.